The van der Waals surface area contributed by atoms with Crippen molar-refractivity contribution in [1.29, 1.82) is 0 Å². The number of hydrogen-bond acceptors (Lipinski definition) is 2. The Balaban J connectivity index is 2.72. The molecule has 0 radical (unpaired) electrons. The first-order valence-corrected chi connectivity index (χ1v) is 6.83. The van der Waals surface area contributed by atoms with Crippen LogP contribution in [0.25, 0.3) is 0 Å². The van der Waals surface area contributed by atoms with E-state index < -0.39 is 0 Å². The molecule has 1 aromatic carbocycles. The largest absolute Gasteiger partial charge is 0.342 e. The highest BCUT2D eigenvalue weighted by Crippen LogP contribution is 2.22. The van der Waals surface area contributed by atoms with E-state index in [-0.39, 0.29) is 17.4 Å². The van der Waals surface area contributed by atoms with E-state index in [0.717, 1.165) is 12.0 Å². The fraction of sp³-hybridized carbons (Fsp3) is 0.562. The summed E-state index contributed by atoms with van der Waals surface area (Å²) < 4.78 is 0. The van der Waals surface area contributed by atoms with Crippen molar-refractivity contribution in [2.24, 2.45) is 5.73 Å². The molecule has 0 spiro atoms. The van der Waals surface area contributed by atoms with E-state index in [1.165, 1.54) is 5.56 Å². The number of rotatable bonds is 4. The van der Waals surface area contributed by atoms with Gasteiger partial charge >= 0.3 is 0 Å². The third-order valence-corrected chi connectivity index (χ3v) is 3.26. The minimum absolute atomic E-state index is 0.0566. The number of carbonyl (C=O) groups is 1. The van der Waals surface area contributed by atoms with Crippen LogP contribution in [-0.2, 0) is 5.41 Å². The van der Waals surface area contributed by atoms with Crippen LogP contribution < -0.4 is 5.73 Å². The lowest BCUT2D eigenvalue weighted by atomic mass is 9.86. The predicted molar refractivity (Wildman–Crippen MR) is 80.4 cm³/mol. The summed E-state index contributed by atoms with van der Waals surface area (Å²) in [6.45, 7) is 9.14. The summed E-state index contributed by atoms with van der Waals surface area (Å²) >= 11 is 0. The molecule has 2 N–H and O–H groups in total. The summed E-state index contributed by atoms with van der Waals surface area (Å²) in [5.74, 6) is 0.0566. The van der Waals surface area contributed by atoms with E-state index in [9.17, 15) is 4.79 Å². The van der Waals surface area contributed by atoms with Gasteiger partial charge in [-0.25, -0.2) is 0 Å². The van der Waals surface area contributed by atoms with Gasteiger partial charge in [-0.3, -0.25) is 4.79 Å². The van der Waals surface area contributed by atoms with Gasteiger partial charge in [0.15, 0.2) is 0 Å². The maximum atomic E-state index is 12.2. The van der Waals surface area contributed by atoms with Gasteiger partial charge in [0.1, 0.15) is 0 Å². The van der Waals surface area contributed by atoms with E-state index in [2.05, 4.69) is 20.8 Å². The zero-order chi connectivity index (χ0) is 14.6. The van der Waals surface area contributed by atoms with Crippen molar-refractivity contribution in [3.8, 4) is 0 Å². The Bertz CT molecular complexity index is 415. The van der Waals surface area contributed by atoms with Gasteiger partial charge in [0.25, 0.3) is 5.91 Å². The molecule has 0 bridgehead atoms. The second kappa shape index (κ2) is 6.20. The van der Waals surface area contributed by atoms with Gasteiger partial charge in [-0.05, 0) is 36.5 Å². The normalized spacial score (nSPS) is 13.2. The second-order valence-corrected chi connectivity index (χ2v) is 6.32. The third kappa shape index (κ3) is 4.67. The Kier molecular flexibility index (Phi) is 5.12. The Labute approximate surface area is 116 Å². The van der Waals surface area contributed by atoms with Gasteiger partial charge < -0.3 is 10.6 Å². The number of nitrogens with zero attached hydrogens (tertiary/aromatic N) is 1. The van der Waals surface area contributed by atoms with Crippen molar-refractivity contribution in [3.05, 3.63) is 35.4 Å². The maximum Gasteiger partial charge on any atom is 0.253 e. The van der Waals surface area contributed by atoms with Gasteiger partial charge in [0.2, 0.25) is 0 Å². The highest BCUT2D eigenvalue weighted by Gasteiger charge is 2.16. The molecule has 0 aliphatic heterocycles. The molecule has 3 heteroatoms. The van der Waals surface area contributed by atoms with Crippen LogP contribution >= 0.6 is 0 Å². The Morgan fingerprint density at radius 3 is 2.21 bits per heavy atom. The fourth-order valence-electron chi connectivity index (χ4n) is 1.83. The first-order valence-electron chi connectivity index (χ1n) is 6.83. The van der Waals surface area contributed by atoms with E-state index in [0.29, 0.717) is 6.54 Å². The Hall–Kier alpha value is -1.35. The van der Waals surface area contributed by atoms with Crippen molar-refractivity contribution in [2.75, 3.05) is 13.6 Å². The summed E-state index contributed by atoms with van der Waals surface area (Å²) in [5, 5.41) is 0. The van der Waals surface area contributed by atoms with E-state index in [1.807, 2.05) is 38.2 Å². The second-order valence-electron chi connectivity index (χ2n) is 6.32. The molecule has 1 amide bonds. The molecule has 1 aromatic rings. The number of benzene rings is 1. The van der Waals surface area contributed by atoms with Crippen molar-refractivity contribution < 1.29 is 4.79 Å². The molecule has 19 heavy (non-hydrogen) atoms. The predicted octanol–water partition coefficient (Wildman–Crippen LogP) is 2.79. The highest BCUT2D eigenvalue weighted by atomic mass is 16.2. The molecule has 0 aliphatic rings. The van der Waals surface area contributed by atoms with Crippen LogP contribution in [0, 0.1) is 0 Å². The summed E-state index contributed by atoms with van der Waals surface area (Å²) in [6, 6.07) is 8.01. The molecule has 0 fully saturated rings. The van der Waals surface area contributed by atoms with Crippen molar-refractivity contribution >= 4 is 5.91 Å². The molecule has 106 valence electrons. The van der Waals surface area contributed by atoms with Crippen LogP contribution in [0.1, 0.15) is 50.0 Å². The van der Waals surface area contributed by atoms with E-state index in [1.54, 1.807) is 4.90 Å². The zero-order valence-electron chi connectivity index (χ0n) is 12.7. The first-order chi connectivity index (χ1) is 8.71. The van der Waals surface area contributed by atoms with Gasteiger partial charge in [0, 0.05) is 25.2 Å². The standard InChI is InChI=1S/C16H26N2O/c1-12(17)10-11-18(5)15(19)13-6-8-14(9-7-13)16(2,3)4/h6-9,12H,10-11,17H2,1-5H3. The van der Waals surface area contributed by atoms with E-state index >= 15 is 0 Å². The molecular weight excluding hydrogens is 236 g/mol. The van der Waals surface area contributed by atoms with Gasteiger partial charge in [0.05, 0.1) is 0 Å². The highest BCUT2D eigenvalue weighted by molar-refractivity contribution is 5.94. The lowest BCUT2D eigenvalue weighted by molar-refractivity contribution is 0.0792. The number of hydrogen-bond donors (Lipinski definition) is 1. The third-order valence-electron chi connectivity index (χ3n) is 3.26. The SMILES string of the molecule is CC(N)CCN(C)C(=O)c1ccc(C(C)(C)C)cc1. The topological polar surface area (TPSA) is 46.3 Å². The minimum atomic E-state index is 0.0566. The molecule has 1 rings (SSSR count). The monoisotopic (exact) mass is 262 g/mol. The molecule has 0 aromatic heterocycles. The van der Waals surface area contributed by atoms with Crippen LogP contribution in [0.4, 0.5) is 0 Å². The molecule has 0 saturated carbocycles. The summed E-state index contributed by atoms with van der Waals surface area (Å²) in [5.41, 5.74) is 7.80. The molecule has 1 atom stereocenters. The Morgan fingerprint density at radius 1 is 1.26 bits per heavy atom. The van der Waals surface area contributed by atoms with E-state index in [4.69, 9.17) is 5.73 Å². The van der Waals surface area contributed by atoms with Crippen LogP contribution in [0.2, 0.25) is 0 Å². The minimum Gasteiger partial charge on any atom is -0.342 e. The van der Waals surface area contributed by atoms with Gasteiger partial charge in [-0.2, -0.15) is 0 Å². The number of amides is 1. The lowest BCUT2D eigenvalue weighted by Gasteiger charge is -2.21. The number of nitrogens with two attached hydrogens (primary N) is 1. The molecular formula is C16H26N2O. The summed E-state index contributed by atoms with van der Waals surface area (Å²) in [4.78, 5) is 13.9. The number of carbonyl (C=O) groups excluding carboxylic acids is 1. The molecule has 0 heterocycles. The van der Waals surface area contributed by atoms with Crippen molar-refractivity contribution in [2.45, 2.75) is 45.6 Å². The van der Waals surface area contributed by atoms with Crippen LogP contribution in [-0.4, -0.2) is 30.4 Å². The Morgan fingerprint density at radius 2 is 1.79 bits per heavy atom. The maximum absolute atomic E-state index is 12.2. The first kappa shape index (κ1) is 15.7. The van der Waals surface area contributed by atoms with Crippen LogP contribution in [0.15, 0.2) is 24.3 Å². The summed E-state index contributed by atoms with van der Waals surface area (Å²) in [7, 11) is 1.82. The summed E-state index contributed by atoms with van der Waals surface area (Å²) in [6.07, 6.45) is 0.822. The van der Waals surface area contributed by atoms with Gasteiger partial charge in [-0.15, -0.1) is 0 Å². The molecule has 0 saturated heterocycles. The van der Waals surface area contributed by atoms with Crippen molar-refractivity contribution in [1.82, 2.24) is 4.90 Å². The average molecular weight is 262 g/mol. The smallest absolute Gasteiger partial charge is 0.253 e. The van der Waals surface area contributed by atoms with Crippen LogP contribution in [0.3, 0.4) is 0 Å². The van der Waals surface area contributed by atoms with Crippen molar-refractivity contribution in [3.63, 3.8) is 0 Å². The molecule has 1 unspecified atom stereocenters. The quantitative estimate of drug-likeness (QED) is 0.907. The fourth-order valence-corrected chi connectivity index (χ4v) is 1.83. The molecule has 3 nitrogen and oxygen atoms in total. The van der Waals surface area contributed by atoms with Crippen LogP contribution in [0.5, 0.6) is 0 Å². The average Bonchev–Trinajstić information content (AvgIpc) is 2.34. The van der Waals surface area contributed by atoms with Gasteiger partial charge in [-0.1, -0.05) is 32.9 Å². The zero-order valence-corrected chi connectivity index (χ0v) is 12.7. The lowest BCUT2D eigenvalue weighted by Crippen LogP contribution is -2.31. The molecule has 0 aliphatic carbocycles.